The molecule has 0 spiro atoms. The van der Waals surface area contributed by atoms with Crippen molar-refractivity contribution in [3.63, 3.8) is 0 Å². The zero-order chi connectivity index (χ0) is 51.2. The topological polar surface area (TPSA) is 302 Å². The van der Waals surface area contributed by atoms with Crippen molar-refractivity contribution in [3.05, 3.63) is 105 Å². The highest BCUT2D eigenvalue weighted by atomic mass is 32.2. The molecule has 2 fully saturated rings. The molecule has 0 radical (unpaired) electrons. The number of hydrogen-bond acceptors (Lipinski definition) is 17. The molecule has 2 unspecified atom stereocenters. The van der Waals surface area contributed by atoms with E-state index in [9.17, 15) is 58.0 Å². The van der Waals surface area contributed by atoms with Crippen molar-refractivity contribution in [1.29, 1.82) is 0 Å². The number of non-ortho nitro benzene ring substituents is 1. The van der Waals surface area contributed by atoms with Crippen LogP contribution in [-0.2, 0) is 56.1 Å². The number of imidazole rings is 1. The maximum atomic E-state index is 14.9. The summed E-state index contributed by atoms with van der Waals surface area (Å²) >= 11 is 0. The first-order chi connectivity index (χ1) is 33.8. The second-order valence-corrected chi connectivity index (χ2v) is 20.4. The van der Waals surface area contributed by atoms with Gasteiger partial charge in [-0.1, -0.05) is 74.6 Å². The monoisotopic (exact) mass is 1010 g/mol. The van der Waals surface area contributed by atoms with E-state index in [1.807, 2.05) is 29.2 Å². The van der Waals surface area contributed by atoms with E-state index in [2.05, 4.69) is 15.6 Å². The molecule has 0 bridgehead atoms. The number of fused-ring (bicyclic) bond motifs is 1. The number of carbonyl (C=O) groups is 4. The lowest BCUT2D eigenvalue weighted by Gasteiger charge is -2.35. The number of morpholine rings is 1. The summed E-state index contributed by atoms with van der Waals surface area (Å²) in [5.41, 5.74) is -0.503. The van der Waals surface area contributed by atoms with Gasteiger partial charge in [0.15, 0.2) is 9.84 Å². The lowest BCUT2D eigenvalue weighted by molar-refractivity contribution is -0.394. The summed E-state index contributed by atoms with van der Waals surface area (Å²) in [6.45, 7) is 3.65. The Morgan fingerprint density at radius 1 is 0.887 bits per heavy atom. The summed E-state index contributed by atoms with van der Waals surface area (Å²) in [5.74, 6) is -6.20. The first kappa shape index (κ1) is 53.9. The van der Waals surface area contributed by atoms with Crippen LogP contribution in [0.4, 0.5) is 11.4 Å². The van der Waals surface area contributed by atoms with Gasteiger partial charge < -0.3 is 35.1 Å². The van der Waals surface area contributed by atoms with Gasteiger partial charge in [0.1, 0.15) is 30.5 Å². The number of aromatic nitrogens is 2. The number of benzene rings is 3. The van der Waals surface area contributed by atoms with Crippen LogP contribution in [0.15, 0.2) is 73.2 Å². The quantitative estimate of drug-likeness (QED) is 0.0445. The fourth-order valence-corrected chi connectivity index (χ4v) is 11.0. The van der Waals surface area contributed by atoms with Crippen LogP contribution >= 0.6 is 0 Å². The zero-order valence-electron chi connectivity index (χ0n) is 39.6. The van der Waals surface area contributed by atoms with Crippen molar-refractivity contribution in [2.24, 2.45) is 11.8 Å². The fourth-order valence-electron chi connectivity index (χ4n) is 9.25. The van der Waals surface area contributed by atoms with Gasteiger partial charge in [-0.25, -0.2) is 13.4 Å². The predicted molar refractivity (Wildman–Crippen MR) is 257 cm³/mol. The highest BCUT2D eigenvalue weighted by Gasteiger charge is 2.37. The Bertz CT molecular complexity index is 2630. The lowest BCUT2D eigenvalue weighted by atomic mass is 9.83. The number of β-amino-alcohol motifs (C(OH)–C–C–N with tert-alkyl or cyclic N) is 1. The molecule has 1 aliphatic heterocycles. The maximum absolute atomic E-state index is 14.9. The molecule has 1 saturated heterocycles. The van der Waals surface area contributed by atoms with E-state index in [-0.39, 0.29) is 36.7 Å². The molecule has 1 aromatic heterocycles. The van der Waals surface area contributed by atoms with Gasteiger partial charge >= 0.3 is 11.9 Å². The van der Waals surface area contributed by atoms with Crippen molar-refractivity contribution in [2.45, 2.75) is 95.6 Å². The predicted octanol–water partition coefficient (Wildman–Crippen LogP) is 3.15. The van der Waals surface area contributed by atoms with Crippen LogP contribution in [-0.4, -0.2) is 148 Å². The third kappa shape index (κ3) is 15.8. The average molecular weight is 1010 g/mol. The van der Waals surface area contributed by atoms with E-state index in [4.69, 9.17) is 14.2 Å². The van der Waals surface area contributed by atoms with Gasteiger partial charge in [0.2, 0.25) is 11.8 Å². The van der Waals surface area contributed by atoms with Crippen molar-refractivity contribution < 1.29 is 61.9 Å². The summed E-state index contributed by atoms with van der Waals surface area (Å²) < 4.78 is 45.0. The number of amides is 2. The maximum Gasteiger partial charge on any atom is 0.303 e. The molecule has 6 rings (SSSR count). The Balaban J connectivity index is 1.36. The number of sulfone groups is 1. The fraction of sp³-hybridized carbons (Fsp3) is 0.521. The number of ether oxygens (including phenoxy) is 3. The van der Waals surface area contributed by atoms with Gasteiger partial charge in [-0.3, -0.25) is 48.9 Å². The molecular weight excluding hydrogens is 947 g/mol. The van der Waals surface area contributed by atoms with Gasteiger partial charge in [0.25, 0.3) is 11.4 Å². The number of nitro groups is 2. The molecule has 3 aromatic carbocycles. The smallest absolute Gasteiger partial charge is 0.303 e. The summed E-state index contributed by atoms with van der Waals surface area (Å²) in [6.07, 6.45) is 2.72. The molecule has 4 aromatic rings. The molecule has 22 nitrogen and oxygen atoms in total. The second kappa shape index (κ2) is 25.1. The normalized spacial score (nSPS) is 17.2. The van der Waals surface area contributed by atoms with Crippen molar-refractivity contribution >= 4 is 55.7 Å². The zero-order valence-corrected chi connectivity index (χ0v) is 40.4. The van der Waals surface area contributed by atoms with Crippen LogP contribution in [0.1, 0.15) is 63.6 Å². The van der Waals surface area contributed by atoms with Crippen LogP contribution in [0.5, 0.6) is 0 Å². The van der Waals surface area contributed by atoms with Crippen molar-refractivity contribution in [2.75, 3.05) is 51.0 Å². The summed E-state index contributed by atoms with van der Waals surface area (Å²) in [5, 5.41) is 54.0. The van der Waals surface area contributed by atoms with E-state index in [1.165, 1.54) is 23.2 Å². The summed E-state index contributed by atoms with van der Waals surface area (Å²) in [4.78, 5) is 81.6. The number of rotatable bonds is 24. The number of nitrogens with zero attached hydrogens (tertiary/aromatic N) is 5. The van der Waals surface area contributed by atoms with Gasteiger partial charge in [-0.05, 0) is 41.2 Å². The van der Waals surface area contributed by atoms with Gasteiger partial charge in [0.05, 0.1) is 70.7 Å². The van der Waals surface area contributed by atoms with Crippen LogP contribution in [0, 0.1) is 32.1 Å². The molecule has 2 amide bonds. The van der Waals surface area contributed by atoms with E-state index in [0.717, 1.165) is 68.9 Å². The van der Waals surface area contributed by atoms with Crippen molar-refractivity contribution in [3.8, 4) is 5.69 Å². The number of hydrogen-bond donors (Lipinski definition) is 4. The first-order valence-corrected chi connectivity index (χ1v) is 25.4. The minimum absolute atomic E-state index is 0.0876. The summed E-state index contributed by atoms with van der Waals surface area (Å²) in [6, 6.07) is 13.1. The minimum Gasteiger partial charge on any atom is -0.462 e. The standard InChI is InChI=1S/C48H61N7O15S/c1-31(56)69-27-39(70-32(2)57)29-71(66,67)28-36(22-35-13-8-12-34-11-6-7-14-40(34)35)47(60)51-42(23-37-25-53(30-49-37)43-16-15-38(54(62)63)24-44(43)55(64)65)48(61)50-41(21-33-9-4-3-5-10-33)46(59)45(58)26-52-17-19-68-20-18-52/h6-8,11-16,24-25,30,33,36,39,41-42,45-46,58-59H,3-5,9-10,17-23,26-29H2,1-2H3,(H,50,61)(H,51,60)/t36?,39?,41-,42-,45-,46+/m0/s1. The highest BCUT2D eigenvalue weighted by Crippen LogP contribution is 2.30. The van der Waals surface area contributed by atoms with E-state index >= 15 is 0 Å². The Morgan fingerprint density at radius 2 is 1.61 bits per heavy atom. The minimum atomic E-state index is -4.34. The van der Waals surface area contributed by atoms with E-state index < -0.39 is 109 Å². The molecule has 6 atom stereocenters. The number of nitro benzene ring substituents is 2. The molecule has 4 N–H and O–H groups in total. The number of aliphatic hydroxyl groups excluding tert-OH is 2. The third-order valence-electron chi connectivity index (χ3n) is 12.7. The van der Waals surface area contributed by atoms with Gasteiger partial charge in [0, 0.05) is 52.2 Å². The Kier molecular flexibility index (Phi) is 19.1. The number of esters is 2. The Hall–Kier alpha value is -6.40. The molecule has 1 saturated carbocycles. The molecule has 1 aliphatic carbocycles. The van der Waals surface area contributed by atoms with Crippen molar-refractivity contribution in [1.82, 2.24) is 25.1 Å². The van der Waals surface area contributed by atoms with Gasteiger partial charge in [-0.2, -0.15) is 0 Å². The van der Waals surface area contributed by atoms with Crippen LogP contribution in [0.25, 0.3) is 16.5 Å². The third-order valence-corrected chi connectivity index (χ3v) is 14.5. The molecule has 2 heterocycles. The Labute approximate surface area is 410 Å². The van der Waals surface area contributed by atoms with E-state index in [0.29, 0.717) is 38.3 Å². The van der Waals surface area contributed by atoms with Crippen LogP contribution in [0.2, 0.25) is 0 Å². The van der Waals surface area contributed by atoms with Crippen LogP contribution < -0.4 is 10.6 Å². The van der Waals surface area contributed by atoms with Gasteiger partial charge in [-0.15, -0.1) is 0 Å². The number of aliphatic hydroxyl groups is 2. The molecular formula is C48H61N7O15S. The summed E-state index contributed by atoms with van der Waals surface area (Å²) in [7, 11) is -4.34. The largest absolute Gasteiger partial charge is 0.462 e. The number of nitrogens with one attached hydrogen (secondary N) is 2. The highest BCUT2D eigenvalue weighted by molar-refractivity contribution is 7.91. The average Bonchev–Trinajstić information content (AvgIpc) is 3.80. The molecule has 23 heteroatoms. The first-order valence-electron chi connectivity index (χ1n) is 23.6. The lowest BCUT2D eigenvalue weighted by Crippen LogP contribution is -2.58. The second-order valence-electron chi connectivity index (χ2n) is 18.2. The molecule has 2 aliphatic rings. The Morgan fingerprint density at radius 3 is 2.30 bits per heavy atom. The number of carbonyl (C=O) groups excluding carboxylic acids is 4. The van der Waals surface area contributed by atoms with E-state index in [1.54, 1.807) is 18.2 Å². The molecule has 71 heavy (non-hydrogen) atoms. The molecule has 384 valence electrons. The van der Waals surface area contributed by atoms with Crippen LogP contribution in [0.3, 0.4) is 0 Å². The SMILES string of the molecule is CC(=O)OCC(CS(=O)(=O)CC(Cc1cccc2ccccc12)C(=O)N[C@@H](Cc1cn(-c2ccc([N+](=O)[O-])cc2[N+](=O)[O-])cn1)C(=O)N[C@@H](CC1CCCCC1)[C@@H](O)[C@@H](O)CN1CCOCC1)OC(C)=O.